The van der Waals surface area contributed by atoms with Gasteiger partial charge in [-0.05, 0) is 44.1 Å². The quantitative estimate of drug-likeness (QED) is 0.668. The highest BCUT2D eigenvalue weighted by atomic mass is 32.2. The van der Waals surface area contributed by atoms with Crippen molar-refractivity contribution in [2.45, 2.75) is 56.5 Å². The second kappa shape index (κ2) is 6.83. The summed E-state index contributed by atoms with van der Waals surface area (Å²) in [6, 6.07) is -0.512. The highest BCUT2D eigenvalue weighted by Crippen LogP contribution is 2.38. The smallest absolute Gasteiger partial charge is 0.187 e. The Labute approximate surface area is 124 Å². The molecular formula is C14H24N2O3S. The minimum absolute atomic E-state index is 0.390. The Morgan fingerprint density at radius 3 is 2.70 bits per heavy atom. The van der Waals surface area contributed by atoms with Gasteiger partial charge < -0.3 is 20.7 Å². The van der Waals surface area contributed by atoms with E-state index in [4.69, 9.17) is 10.5 Å². The van der Waals surface area contributed by atoms with Crippen LogP contribution in [0.2, 0.25) is 0 Å². The lowest BCUT2D eigenvalue weighted by atomic mass is 9.81. The molecule has 0 bridgehead atoms. The third-order valence-corrected chi connectivity index (χ3v) is 4.63. The van der Waals surface area contributed by atoms with Crippen LogP contribution in [0.5, 0.6) is 0 Å². The maximum absolute atomic E-state index is 9.50. The van der Waals surface area contributed by atoms with E-state index in [0.29, 0.717) is 12.3 Å². The maximum Gasteiger partial charge on any atom is 0.187 e. The summed E-state index contributed by atoms with van der Waals surface area (Å²) in [4.78, 5) is 4.56. The first kappa shape index (κ1) is 15.7. The summed E-state index contributed by atoms with van der Waals surface area (Å²) in [5, 5.41) is 19.0. The fourth-order valence-corrected chi connectivity index (χ4v) is 3.38. The zero-order valence-corrected chi connectivity index (χ0v) is 12.7. The van der Waals surface area contributed by atoms with Crippen LogP contribution in [0.15, 0.2) is 17.0 Å². The van der Waals surface area contributed by atoms with Crippen LogP contribution in [0, 0.1) is 0 Å². The lowest BCUT2D eigenvalue weighted by molar-refractivity contribution is -0.0580. The molecule has 1 aliphatic carbocycles. The van der Waals surface area contributed by atoms with Crippen molar-refractivity contribution in [2.24, 2.45) is 10.7 Å². The minimum atomic E-state index is -1.44. The van der Waals surface area contributed by atoms with Gasteiger partial charge in [0, 0.05) is 6.08 Å². The second-order valence-corrected chi connectivity index (χ2v) is 6.47. The van der Waals surface area contributed by atoms with Crippen molar-refractivity contribution in [3.05, 3.63) is 12.0 Å². The van der Waals surface area contributed by atoms with Gasteiger partial charge in [0.2, 0.25) is 0 Å². The highest BCUT2D eigenvalue weighted by Gasteiger charge is 2.43. The third kappa shape index (κ3) is 3.48. The lowest BCUT2D eigenvalue weighted by Crippen LogP contribution is -2.40. The van der Waals surface area contributed by atoms with Gasteiger partial charge >= 0.3 is 0 Å². The van der Waals surface area contributed by atoms with Gasteiger partial charge in [-0.2, -0.15) is 11.8 Å². The van der Waals surface area contributed by atoms with Crippen LogP contribution < -0.4 is 5.73 Å². The number of rotatable bonds is 5. The molecule has 0 radical (unpaired) electrons. The van der Waals surface area contributed by atoms with Crippen LogP contribution in [0.1, 0.15) is 38.5 Å². The molecule has 114 valence electrons. The van der Waals surface area contributed by atoms with Crippen LogP contribution in [-0.4, -0.2) is 45.9 Å². The summed E-state index contributed by atoms with van der Waals surface area (Å²) in [5.74, 6) is 1.23. The van der Waals surface area contributed by atoms with Crippen molar-refractivity contribution in [3.63, 3.8) is 0 Å². The number of aliphatic hydroxyl groups excluding tert-OH is 1. The monoisotopic (exact) mass is 300 g/mol. The van der Waals surface area contributed by atoms with E-state index in [-0.39, 0.29) is 0 Å². The molecule has 0 aromatic heterocycles. The summed E-state index contributed by atoms with van der Waals surface area (Å²) in [6.07, 6.45) is 8.13. The molecule has 0 amide bonds. The number of hydrogen-bond donors (Lipinski definition) is 3. The SMILES string of the molecule is CSCCC(N=C1C=C(N)OC12CCCCC2)C(O)O. The van der Waals surface area contributed by atoms with E-state index < -0.39 is 17.9 Å². The molecule has 5 nitrogen and oxygen atoms in total. The summed E-state index contributed by atoms with van der Waals surface area (Å²) < 4.78 is 5.83. The molecule has 0 aromatic rings. The number of nitrogens with two attached hydrogens (primary N) is 1. The molecule has 20 heavy (non-hydrogen) atoms. The van der Waals surface area contributed by atoms with Crippen LogP contribution in [0.25, 0.3) is 0 Å². The average Bonchev–Trinajstić information content (AvgIpc) is 2.70. The van der Waals surface area contributed by atoms with Crippen molar-refractivity contribution in [1.29, 1.82) is 0 Å². The Morgan fingerprint density at radius 1 is 1.40 bits per heavy atom. The zero-order valence-electron chi connectivity index (χ0n) is 11.9. The van der Waals surface area contributed by atoms with Crippen LogP contribution in [-0.2, 0) is 4.74 Å². The van der Waals surface area contributed by atoms with E-state index in [1.54, 1.807) is 17.8 Å². The van der Waals surface area contributed by atoms with Gasteiger partial charge in [-0.15, -0.1) is 0 Å². The fourth-order valence-electron chi connectivity index (χ4n) is 2.91. The molecular weight excluding hydrogens is 276 g/mol. The molecule has 2 rings (SSSR count). The van der Waals surface area contributed by atoms with E-state index in [1.807, 2.05) is 6.26 Å². The molecule has 4 N–H and O–H groups in total. The fraction of sp³-hybridized carbons (Fsp3) is 0.786. The van der Waals surface area contributed by atoms with Crippen molar-refractivity contribution in [3.8, 4) is 0 Å². The second-order valence-electron chi connectivity index (χ2n) is 5.48. The number of aliphatic hydroxyl groups is 2. The van der Waals surface area contributed by atoms with E-state index in [9.17, 15) is 10.2 Å². The van der Waals surface area contributed by atoms with Crippen molar-refractivity contribution >= 4 is 17.5 Å². The molecule has 1 fully saturated rings. The largest absolute Gasteiger partial charge is 0.466 e. The van der Waals surface area contributed by atoms with Crippen molar-refractivity contribution in [2.75, 3.05) is 12.0 Å². The minimum Gasteiger partial charge on any atom is -0.466 e. The molecule has 0 aromatic carbocycles. The molecule has 1 saturated carbocycles. The zero-order chi connectivity index (χ0) is 14.6. The Kier molecular flexibility index (Phi) is 5.35. The van der Waals surface area contributed by atoms with E-state index in [0.717, 1.165) is 37.1 Å². The number of hydrogen-bond acceptors (Lipinski definition) is 6. The van der Waals surface area contributed by atoms with Gasteiger partial charge in [0.1, 0.15) is 6.04 Å². The predicted octanol–water partition coefficient (Wildman–Crippen LogP) is 1.39. The van der Waals surface area contributed by atoms with Gasteiger partial charge in [-0.1, -0.05) is 6.42 Å². The molecule has 6 heteroatoms. The van der Waals surface area contributed by atoms with Gasteiger partial charge in [-0.3, -0.25) is 4.99 Å². The predicted molar refractivity (Wildman–Crippen MR) is 81.6 cm³/mol. The Balaban J connectivity index is 2.19. The topological polar surface area (TPSA) is 88.1 Å². The first-order valence-electron chi connectivity index (χ1n) is 7.17. The number of nitrogens with zero attached hydrogens (tertiary/aromatic N) is 1. The normalized spacial score (nSPS) is 25.0. The number of thioether (sulfide) groups is 1. The molecule has 1 aliphatic heterocycles. The molecule has 1 heterocycles. The molecule has 1 spiro atoms. The molecule has 0 saturated heterocycles. The highest BCUT2D eigenvalue weighted by molar-refractivity contribution is 7.98. The Hall–Kier alpha value is -0.720. The van der Waals surface area contributed by atoms with Crippen molar-refractivity contribution < 1.29 is 14.9 Å². The van der Waals surface area contributed by atoms with Crippen LogP contribution in [0.4, 0.5) is 0 Å². The van der Waals surface area contributed by atoms with Gasteiger partial charge in [0.25, 0.3) is 0 Å². The molecule has 1 unspecified atom stereocenters. The third-order valence-electron chi connectivity index (χ3n) is 3.99. The van der Waals surface area contributed by atoms with E-state index in [2.05, 4.69) is 4.99 Å². The average molecular weight is 300 g/mol. The summed E-state index contributed by atoms with van der Waals surface area (Å²) >= 11 is 1.67. The lowest BCUT2D eigenvalue weighted by Gasteiger charge is -2.34. The number of ether oxygens (including phenoxy) is 1. The van der Waals surface area contributed by atoms with Gasteiger partial charge in [-0.25, -0.2) is 0 Å². The molecule has 1 atom stereocenters. The van der Waals surface area contributed by atoms with Gasteiger partial charge in [0.15, 0.2) is 17.8 Å². The Morgan fingerprint density at radius 2 is 2.10 bits per heavy atom. The Bertz CT molecular complexity index is 390. The van der Waals surface area contributed by atoms with Gasteiger partial charge in [0.05, 0.1) is 5.71 Å². The van der Waals surface area contributed by atoms with Crippen LogP contribution in [0.3, 0.4) is 0 Å². The maximum atomic E-state index is 9.50. The summed E-state index contributed by atoms with van der Waals surface area (Å²) in [5.41, 5.74) is 6.18. The molecule has 2 aliphatic rings. The standard InChI is InChI=1S/C14H24N2O3S/c1-20-8-5-10(13(17)18)16-11-9-12(15)19-14(11)6-3-2-4-7-14/h9-10,13,17-18H,2-8,15H2,1H3. The van der Waals surface area contributed by atoms with Crippen LogP contribution >= 0.6 is 11.8 Å². The summed E-state index contributed by atoms with van der Waals surface area (Å²) in [7, 11) is 0. The number of aliphatic imine (C=N–C) groups is 1. The van der Waals surface area contributed by atoms with Crippen molar-refractivity contribution in [1.82, 2.24) is 0 Å². The summed E-state index contributed by atoms with van der Waals surface area (Å²) in [6.45, 7) is 0. The van der Waals surface area contributed by atoms with E-state index >= 15 is 0 Å². The first-order chi connectivity index (χ1) is 9.57. The first-order valence-corrected chi connectivity index (χ1v) is 8.56. The van der Waals surface area contributed by atoms with E-state index in [1.165, 1.54) is 6.42 Å².